The highest BCUT2D eigenvalue weighted by Crippen LogP contribution is 2.26. The van der Waals surface area contributed by atoms with E-state index < -0.39 is 17.3 Å². The van der Waals surface area contributed by atoms with Gasteiger partial charge in [-0.25, -0.2) is 9.18 Å². The van der Waals surface area contributed by atoms with E-state index in [0.29, 0.717) is 5.75 Å². The van der Waals surface area contributed by atoms with E-state index in [0.717, 1.165) is 6.07 Å². The number of carboxylic acid groups (broad SMARTS) is 1. The second-order valence-corrected chi connectivity index (χ2v) is 3.20. The van der Waals surface area contributed by atoms with Crippen molar-refractivity contribution in [1.82, 2.24) is 4.98 Å². The van der Waals surface area contributed by atoms with Crippen LogP contribution in [0, 0.1) is 5.82 Å². The molecular weight excluding hydrogens is 225 g/mol. The van der Waals surface area contributed by atoms with Crippen LogP contribution in [0.1, 0.15) is 10.4 Å². The van der Waals surface area contributed by atoms with Gasteiger partial charge in [-0.3, -0.25) is 4.98 Å². The predicted octanol–water partition coefficient (Wildman–Crippen LogP) is 2.71. The summed E-state index contributed by atoms with van der Waals surface area (Å²) in [5.41, 5.74) is -0.482. The molecule has 0 spiro atoms. The van der Waals surface area contributed by atoms with Gasteiger partial charge in [0, 0.05) is 12.4 Å². The summed E-state index contributed by atoms with van der Waals surface area (Å²) in [6.07, 6.45) is 2.99. The molecule has 0 saturated carbocycles. The lowest BCUT2D eigenvalue weighted by Crippen LogP contribution is -2.03. The lowest BCUT2D eigenvalue weighted by molar-refractivity contribution is 0.0689. The van der Waals surface area contributed by atoms with Crippen molar-refractivity contribution in [3.8, 4) is 11.5 Å². The number of aromatic carboxylic acids is 1. The molecular formula is C12H8FNO3. The summed E-state index contributed by atoms with van der Waals surface area (Å²) in [6, 6.07) is 6.96. The Balaban J connectivity index is 2.40. The summed E-state index contributed by atoms with van der Waals surface area (Å²) >= 11 is 0. The number of hydrogen-bond acceptors (Lipinski definition) is 3. The number of ether oxygens (including phenoxy) is 1. The monoisotopic (exact) mass is 233 g/mol. The minimum Gasteiger partial charge on any atom is -0.477 e. The quantitative estimate of drug-likeness (QED) is 0.885. The molecule has 1 aromatic carbocycles. The van der Waals surface area contributed by atoms with E-state index in [2.05, 4.69) is 4.98 Å². The number of halogens is 1. The number of hydrogen-bond donors (Lipinski definition) is 1. The Kier molecular flexibility index (Phi) is 3.00. The van der Waals surface area contributed by atoms with Gasteiger partial charge in [0.1, 0.15) is 22.9 Å². The van der Waals surface area contributed by atoms with Crippen molar-refractivity contribution < 1.29 is 19.0 Å². The van der Waals surface area contributed by atoms with Gasteiger partial charge in [0.25, 0.3) is 0 Å². The minimum absolute atomic E-state index is 0.0382. The van der Waals surface area contributed by atoms with Crippen LogP contribution in [0.25, 0.3) is 0 Å². The molecule has 0 aliphatic rings. The van der Waals surface area contributed by atoms with Gasteiger partial charge in [-0.05, 0) is 24.3 Å². The van der Waals surface area contributed by atoms with Crippen molar-refractivity contribution in [2.45, 2.75) is 0 Å². The Morgan fingerprint density at radius 3 is 2.59 bits per heavy atom. The maximum atomic E-state index is 13.3. The molecule has 0 aliphatic carbocycles. The third-order valence-electron chi connectivity index (χ3n) is 2.07. The third-order valence-corrected chi connectivity index (χ3v) is 2.07. The second-order valence-electron chi connectivity index (χ2n) is 3.20. The highest BCUT2D eigenvalue weighted by Gasteiger charge is 2.17. The first-order chi connectivity index (χ1) is 8.18. The van der Waals surface area contributed by atoms with Gasteiger partial charge in [0.2, 0.25) is 0 Å². The zero-order valence-electron chi connectivity index (χ0n) is 8.63. The summed E-state index contributed by atoms with van der Waals surface area (Å²) in [5.74, 6) is -1.84. The average Bonchev–Trinajstić information content (AvgIpc) is 2.30. The molecule has 86 valence electrons. The molecule has 0 amide bonds. The number of aromatic nitrogens is 1. The van der Waals surface area contributed by atoms with Crippen molar-refractivity contribution >= 4 is 5.97 Å². The molecule has 1 aromatic heterocycles. The molecule has 0 bridgehead atoms. The van der Waals surface area contributed by atoms with Crippen LogP contribution in [0.2, 0.25) is 0 Å². The first-order valence-electron chi connectivity index (χ1n) is 4.78. The average molecular weight is 233 g/mol. The van der Waals surface area contributed by atoms with E-state index in [1.807, 2.05) is 0 Å². The highest BCUT2D eigenvalue weighted by molar-refractivity contribution is 5.91. The maximum absolute atomic E-state index is 13.3. The minimum atomic E-state index is -1.37. The SMILES string of the molecule is O=C(O)c1c(F)cccc1Oc1ccncc1. The number of rotatable bonds is 3. The van der Waals surface area contributed by atoms with Crippen molar-refractivity contribution in [1.29, 1.82) is 0 Å². The molecule has 17 heavy (non-hydrogen) atoms. The maximum Gasteiger partial charge on any atom is 0.342 e. The second kappa shape index (κ2) is 4.61. The van der Waals surface area contributed by atoms with Crippen LogP contribution in [0.4, 0.5) is 4.39 Å². The van der Waals surface area contributed by atoms with Gasteiger partial charge >= 0.3 is 5.97 Å². The molecule has 2 aromatic rings. The molecule has 0 fully saturated rings. The van der Waals surface area contributed by atoms with Crippen LogP contribution in [-0.4, -0.2) is 16.1 Å². The summed E-state index contributed by atoms with van der Waals surface area (Å²) in [5, 5.41) is 8.89. The van der Waals surface area contributed by atoms with Crippen LogP contribution >= 0.6 is 0 Å². The van der Waals surface area contributed by atoms with E-state index >= 15 is 0 Å². The molecule has 1 heterocycles. The van der Waals surface area contributed by atoms with Crippen LogP contribution in [0.3, 0.4) is 0 Å². The normalized spacial score (nSPS) is 9.94. The topological polar surface area (TPSA) is 59.4 Å². The largest absolute Gasteiger partial charge is 0.477 e. The number of benzene rings is 1. The van der Waals surface area contributed by atoms with Gasteiger partial charge in [0.15, 0.2) is 0 Å². The van der Waals surface area contributed by atoms with Gasteiger partial charge in [-0.2, -0.15) is 0 Å². The smallest absolute Gasteiger partial charge is 0.342 e. The Bertz CT molecular complexity index is 543. The van der Waals surface area contributed by atoms with E-state index in [1.165, 1.54) is 24.5 Å². The molecule has 0 unspecified atom stereocenters. The zero-order chi connectivity index (χ0) is 12.3. The number of nitrogens with zero attached hydrogens (tertiary/aromatic N) is 1. The first kappa shape index (κ1) is 11.1. The van der Waals surface area contributed by atoms with E-state index in [4.69, 9.17) is 9.84 Å². The van der Waals surface area contributed by atoms with Gasteiger partial charge in [0.05, 0.1) is 0 Å². The lowest BCUT2D eigenvalue weighted by atomic mass is 10.2. The first-order valence-corrected chi connectivity index (χ1v) is 4.78. The van der Waals surface area contributed by atoms with Crippen LogP contribution in [0.5, 0.6) is 11.5 Å². The van der Waals surface area contributed by atoms with E-state index in [-0.39, 0.29) is 5.75 Å². The molecule has 0 atom stereocenters. The Labute approximate surface area is 96.3 Å². The number of carboxylic acids is 1. The van der Waals surface area contributed by atoms with Gasteiger partial charge in [-0.1, -0.05) is 6.07 Å². The summed E-state index contributed by atoms with van der Waals surface area (Å²) in [4.78, 5) is 14.7. The molecule has 2 rings (SSSR count). The van der Waals surface area contributed by atoms with E-state index in [9.17, 15) is 9.18 Å². The predicted molar refractivity (Wildman–Crippen MR) is 57.7 cm³/mol. The van der Waals surface area contributed by atoms with Crippen LogP contribution in [0.15, 0.2) is 42.7 Å². The molecule has 0 saturated heterocycles. The molecule has 4 nitrogen and oxygen atoms in total. The highest BCUT2D eigenvalue weighted by atomic mass is 19.1. The van der Waals surface area contributed by atoms with Crippen molar-refractivity contribution in [3.63, 3.8) is 0 Å². The zero-order valence-corrected chi connectivity index (χ0v) is 8.63. The fraction of sp³-hybridized carbons (Fsp3) is 0. The lowest BCUT2D eigenvalue weighted by Gasteiger charge is -2.08. The van der Waals surface area contributed by atoms with Gasteiger partial charge < -0.3 is 9.84 Å². The molecule has 0 aliphatic heterocycles. The molecule has 0 radical (unpaired) electrons. The number of carbonyl (C=O) groups is 1. The fourth-order valence-corrected chi connectivity index (χ4v) is 1.33. The van der Waals surface area contributed by atoms with Crippen molar-refractivity contribution in [3.05, 3.63) is 54.1 Å². The van der Waals surface area contributed by atoms with Crippen LogP contribution in [-0.2, 0) is 0 Å². The van der Waals surface area contributed by atoms with Gasteiger partial charge in [-0.15, -0.1) is 0 Å². The third kappa shape index (κ3) is 2.39. The standard InChI is InChI=1S/C12H8FNO3/c13-9-2-1-3-10(11(9)12(15)16)17-8-4-6-14-7-5-8/h1-7H,(H,15,16). The van der Waals surface area contributed by atoms with Crippen molar-refractivity contribution in [2.24, 2.45) is 0 Å². The van der Waals surface area contributed by atoms with Crippen molar-refractivity contribution in [2.75, 3.05) is 0 Å². The fourth-order valence-electron chi connectivity index (χ4n) is 1.33. The number of pyridine rings is 1. The molecule has 5 heteroatoms. The summed E-state index contributed by atoms with van der Waals surface area (Å²) < 4.78 is 18.6. The van der Waals surface area contributed by atoms with E-state index in [1.54, 1.807) is 12.1 Å². The van der Waals surface area contributed by atoms with Crippen LogP contribution < -0.4 is 4.74 Å². The molecule has 1 N–H and O–H groups in total. The Morgan fingerprint density at radius 1 is 1.24 bits per heavy atom. The summed E-state index contributed by atoms with van der Waals surface area (Å²) in [7, 11) is 0. The Hall–Kier alpha value is -2.43. The Morgan fingerprint density at radius 2 is 1.94 bits per heavy atom. The summed E-state index contributed by atoms with van der Waals surface area (Å²) in [6.45, 7) is 0.